The van der Waals surface area contributed by atoms with Gasteiger partial charge >= 0.3 is 0 Å². The van der Waals surface area contributed by atoms with Gasteiger partial charge < -0.3 is 35.6 Å². The minimum atomic E-state index is -1.95. The maximum Gasteiger partial charge on any atom is 0.222 e. The summed E-state index contributed by atoms with van der Waals surface area (Å²) in [7, 11) is 0. The van der Waals surface area contributed by atoms with Crippen LogP contribution >= 0.6 is 0 Å². The summed E-state index contributed by atoms with van der Waals surface area (Å²) in [5.74, 6) is -0.388. The van der Waals surface area contributed by atoms with E-state index in [2.05, 4.69) is 12.2 Å². The second kappa shape index (κ2) is 11.2. The first-order chi connectivity index (χ1) is 12.2. The van der Waals surface area contributed by atoms with Crippen molar-refractivity contribution >= 4 is 5.91 Å². The lowest BCUT2D eigenvalue weighted by Crippen LogP contribution is -2.68. The first-order valence-electron chi connectivity index (χ1n) is 9.58. The third kappa shape index (κ3) is 6.75. The van der Waals surface area contributed by atoms with Crippen LogP contribution in [0.4, 0.5) is 0 Å². The zero-order valence-corrected chi connectivity index (χ0v) is 15.8. The molecule has 0 aliphatic carbocycles. The molecule has 0 bridgehead atoms. The van der Waals surface area contributed by atoms with Crippen molar-refractivity contribution in [2.24, 2.45) is 0 Å². The minimum Gasteiger partial charge on any atom is -0.394 e. The number of ether oxygens (including phenoxy) is 1. The topological polar surface area (TPSA) is 139 Å². The molecule has 8 heteroatoms. The normalized spacial score (nSPS) is 31.4. The molecule has 0 saturated carbocycles. The van der Waals surface area contributed by atoms with Gasteiger partial charge in [-0.2, -0.15) is 0 Å². The molecule has 1 rings (SSSR count). The number of carbonyl (C=O) groups excluding carboxylic acids is 1. The Hall–Kier alpha value is -0.770. The van der Waals surface area contributed by atoms with Gasteiger partial charge in [0.05, 0.1) is 6.61 Å². The quantitative estimate of drug-likeness (QED) is 0.216. The van der Waals surface area contributed by atoms with Crippen LogP contribution in [0.3, 0.4) is 0 Å². The van der Waals surface area contributed by atoms with E-state index >= 15 is 0 Å². The van der Waals surface area contributed by atoms with Crippen molar-refractivity contribution in [1.82, 2.24) is 5.32 Å². The van der Waals surface area contributed by atoms with Crippen LogP contribution in [0.1, 0.15) is 65.2 Å². The maximum atomic E-state index is 12.1. The Morgan fingerprint density at radius 3 is 2.15 bits per heavy atom. The predicted molar refractivity (Wildman–Crippen MR) is 95.1 cm³/mol. The van der Waals surface area contributed by atoms with Crippen LogP contribution in [0.5, 0.6) is 0 Å². The minimum absolute atomic E-state index is 0.237. The summed E-state index contributed by atoms with van der Waals surface area (Å²) in [5.41, 5.74) is -1.95. The molecule has 0 spiro atoms. The number of aliphatic hydroxyl groups excluding tert-OH is 4. The first-order valence-corrected chi connectivity index (χ1v) is 9.58. The van der Waals surface area contributed by atoms with E-state index in [-0.39, 0.29) is 12.3 Å². The summed E-state index contributed by atoms with van der Waals surface area (Å²) in [4.78, 5) is 12.1. The van der Waals surface area contributed by atoms with Gasteiger partial charge in [0, 0.05) is 6.42 Å². The molecule has 6 N–H and O–H groups in total. The van der Waals surface area contributed by atoms with Gasteiger partial charge in [-0.3, -0.25) is 4.79 Å². The summed E-state index contributed by atoms with van der Waals surface area (Å²) in [6, 6.07) is 0. The van der Waals surface area contributed by atoms with E-state index in [0.717, 1.165) is 19.3 Å². The van der Waals surface area contributed by atoms with E-state index in [0.29, 0.717) is 6.42 Å². The second-order valence-corrected chi connectivity index (χ2v) is 7.32. The molecule has 0 aromatic carbocycles. The van der Waals surface area contributed by atoms with E-state index < -0.39 is 42.9 Å². The van der Waals surface area contributed by atoms with E-state index in [9.17, 15) is 30.3 Å². The lowest BCUT2D eigenvalue weighted by atomic mass is 9.90. The van der Waals surface area contributed by atoms with Crippen LogP contribution in [0.25, 0.3) is 0 Å². The number of carbonyl (C=O) groups is 1. The highest BCUT2D eigenvalue weighted by Crippen LogP contribution is 2.27. The number of amides is 1. The van der Waals surface area contributed by atoms with Crippen molar-refractivity contribution in [2.75, 3.05) is 6.61 Å². The lowest BCUT2D eigenvalue weighted by molar-refractivity contribution is -0.271. The van der Waals surface area contributed by atoms with E-state index in [4.69, 9.17) is 4.74 Å². The van der Waals surface area contributed by atoms with Crippen molar-refractivity contribution in [3.8, 4) is 0 Å². The molecule has 6 atom stereocenters. The number of rotatable bonds is 11. The highest BCUT2D eigenvalue weighted by atomic mass is 16.6. The highest BCUT2D eigenvalue weighted by Gasteiger charge is 2.50. The molecule has 1 unspecified atom stereocenters. The average molecular weight is 377 g/mol. The number of nitrogens with one attached hydrogen (secondary N) is 1. The van der Waals surface area contributed by atoms with Gasteiger partial charge in [0.15, 0.2) is 5.72 Å². The van der Waals surface area contributed by atoms with Crippen molar-refractivity contribution < 1.29 is 35.1 Å². The number of aliphatic hydroxyl groups is 5. The molecule has 1 amide bonds. The molecule has 1 aliphatic heterocycles. The monoisotopic (exact) mass is 377 g/mol. The molecule has 26 heavy (non-hydrogen) atoms. The fourth-order valence-corrected chi connectivity index (χ4v) is 3.22. The molecule has 1 saturated heterocycles. The molecule has 1 heterocycles. The predicted octanol–water partition coefficient (Wildman–Crippen LogP) is -0.206. The van der Waals surface area contributed by atoms with Gasteiger partial charge in [0.1, 0.15) is 30.5 Å². The second-order valence-electron chi connectivity index (χ2n) is 7.32. The number of unbranched alkanes of at least 4 members (excludes halogenated alkanes) is 6. The van der Waals surface area contributed by atoms with E-state index in [1.807, 2.05) is 0 Å². The van der Waals surface area contributed by atoms with Crippen LogP contribution in [-0.4, -0.2) is 74.3 Å². The SMILES string of the molecule is CCCCCCCCCC(=O)NC(C)(O)[C@@H]1O[C@H](CO)[C@@H](O)[C@H](O)[C@H]1O. The van der Waals surface area contributed by atoms with E-state index in [1.165, 1.54) is 26.2 Å². The molecule has 8 nitrogen and oxygen atoms in total. The van der Waals surface area contributed by atoms with Crippen molar-refractivity contribution in [2.45, 2.75) is 101 Å². The third-order valence-corrected chi connectivity index (χ3v) is 4.85. The fourth-order valence-electron chi connectivity index (χ4n) is 3.22. The molecule has 0 radical (unpaired) electrons. The molecule has 0 aromatic rings. The third-order valence-electron chi connectivity index (χ3n) is 4.85. The molecule has 0 aromatic heterocycles. The van der Waals surface area contributed by atoms with Crippen LogP contribution < -0.4 is 5.32 Å². The zero-order valence-electron chi connectivity index (χ0n) is 15.8. The van der Waals surface area contributed by atoms with Gasteiger partial charge in [0.25, 0.3) is 0 Å². The maximum absolute atomic E-state index is 12.1. The number of hydrogen-bond donors (Lipinski definition) is 6. The van der Waals surface area contributed by atoms with Crippen LogP contribution in [0.2, 0.25) is 0 Å². The van der Waals surface area contributed by atoms with Gasteiger partial charge in [-0.25, -0.2) is 0 Å². The summed E-state index contributed by atoms with van der Waals surface area (Å²) in [5, 5.41) is 51.8. The van der Waals surface area contributed by atoms with Crippen molar-refractivity contribution in [3.63, 3.8) is 0 Å². The van der Waals surface area contributed by atoms with Crippen LogP contribution in [0, 0.1) is 0 Å². The van der Waals surface area contributed by atoms with Crippen molar-refractivity contribution in [1.29, 1.82) is 0 Å². The molecular formula is C18H35NO7. The highest BCUT2D eigenvalue weighted by molar-refractivity contribution is 5.76. The molecule has 154 valence electrons. The summed E-state index contributed by atoms with van der Waals surface area (Å²) in [6.07, 6.45) is 0.468. The van der Waals surface area contributed by atoms with Gasteiger partial charge in [-0.1, -0.05) is 45.4 Å². The Labute approximate surface area is 155 Å². The Morgan fingerprint density at radius 2 is 1.58 bits per heavy atom. The summed E-state index contributed by atoms with van der Waals surface area (Å²) >= 11 is 0. The van der Waals surface area contributed by atoms with Crippen LogP contribution in [0.15, 0.2) is 0 Å². The molecule has 1 aliphatic rings. The summed E-state index contributed by atoms with van der Waals surface area (Å²) < 4.78 is 5.30. The van der Waals surface area contributed by atoms with E-state index in [1.54, 1.807) is 0 Å². The Bertz CT molecular complexity index is 416. The van der Waals surface area contributed by atoms with Crippen LogP contribution in [-0.2, 0) is 9.53 Å². The summed E-state index contributed by atoms with van der Waals surface area (Å²) in [6.45, 7) is 2.82. The zero-order chi connectivity index (χ0) is 19.7. The Kier molecular flexibility index (Phi) is 9.99. The van der Waals surface area contributed by atoms with Gasteiger partial charge in [-0.15, -0.1) is 0 Å². The Morgan fingerprint density at radius 1 is 1.00 bits per heavy atom. The fraction of sp³-hybridized carbons (Fsp3) is 0.944. The average Bonchev–Trinajstić information content (AvgIpc) is 2.58. The van der Waals surface area contributed by atoms with Gasteiger partial charge in [0.2, 0.25) is 5.91 Å². The smallest absolute Gasteiger partial charge is 0.222 e. The first kappa shape index (κ1) is 23.3. The Balaban J connectivity index is 2.45. The van der Waals surface area contributed by atoms with Gasteiger partial charge in [-0.05, 0) is 13.3 Å². The molecule has 1 fully saturated rings. The standard InChI is InChI=1S/C18H35NO7/c1-3-4-5-6-7-8-9-10-13(21)19-18(2,25)17-16(24)15(23)14(22)12(11-20)26-17/h12,14-17,20,22-25H,3-11H2,1-2H3,(H,19,21)/t12-,14-,15+,16-,17-,18?/m1/s1. The number of hydrogen-bond acceptors (Lipinski definition) is 7. The largest absolute Gasteiger partial charge is 0.394 e. The van der Waals surface area contributed by atoms with Crippen molar-refractivity contribution in [3.05, 3.63) is 0 Å². The lowest BCUT2D eigenvalue weighted by Gasteiger charge is -2.45. The molecular weight excluding hydrogens is 342 g/mol.